The number of piperidine rings is 1. The SMILES string of the molecule is Cn1cnnc1C1CCN(c2c(C#N)cccc2-c2cnccc2CO)CC1. The van der Waals surface area contributed by atoms with Crippen LogP contribution in [0.1, 0.15) is 35.7 Å². The molecule has 3 aromatic rings. The van der Waals surface area contributed by atoms with Gasteiger partial charge in [-0.25, -0.2) is 0 Å². The summed E-state index contributed by atoms with van der Waals surface area (Å²) in [5.41, 5.74) is 4.17. The summed E-state index contributed by atoms with van der Waals surface area (Å²) in [6.07, 6.45) is 7.08. The second-order valence-electron chi connectivity index (χ2n) is 7.07. The standard InChI is InChI=1S/C21H22N6O/c1-26-14-24-25-21(26)15-6-9-27(10-7-15)20-16(11-22)3-2-4-18(20)19-12-23-8-5-17(19)13-28/h2-5,8,12,14-15,28H,6-7,9-10,13H2,1H3. The Labute approximate surface area is 163 Å². The number of aliphatic hydroxyl groups excluding tert-OH is 1. The molecule has 0 amide bonds. The van der Waals surface area contributed by atoms with Gasteiger partial charge in [-0.2, -0.15) is 5.26 Å². The molecule has 0 unspecified atom stereocenters. The summed E-state index contributed by atoms with van der Waals surface area (Å²) >= 11 is 0. The quantitative estimate of drug-likeness (QED) is 0.755. The van der Waals surface area contributed by atoms with E-state index in [9.17, 15) is 10.4 Å². The van der Waals surface area contributed by atoms with E-state index in [0.717, 1.165) is 54.1 Å². The number of nitrogens with zero attached hydrogens (tertiary/aromatic N) is 6. The molecule has 0 aliphatic carbocycles. The van der Waals surface area contributed by atoms with Crippen molar-refractivity contribution in [1.29, 1.82) is 5.26 Å². The molecule has 3 heterocycles. The number of nitriles is 1. The van der Waals surface area contributed by atoms with Crippen molar-refractivity contribution in [2.75, 3.05) is 18.0 Å². The number of aromatic nitrogens is 4. The van der Waals surface area contributed by atoms with Gasteiger partial charge in [0.25, 0.3) is 0 Å². The molecule has 0 atom stereocenters. The second kappa shape index (κ2) is 7.79. The van der Waals surface area contributed by atoms with Crippen molar-refractivity contribution in [3.05, 3.63) is 59.9 Å². The van der Waals surface area contributed by atoms with Gasteiger partial charge in [-0.05, 0) is 30.5 Å². The Morgan fingerprint density at radius 3 is 2.71 bits per heavy atom. The minimum Gasteiger partial charge on any atom is -0.392 e. The first-order valence-corrected chi connectivity index (χ1v) is 9.39. The van der Waals surface area contributed by atoms with Gasteiger partial charge in [0.15, 0.2) is 0 Å². The smallest absolute Gasteiger partial charge is 0.135 e. The van der Waals surface area contributed by atoms with Gasteiger partial charge in [0.05, 0.1) is 17.9 Å². The van der Waals surface area contributed by atoms with Crippen molar-refractivity contribution in [2.45, 2.75) is 25.4 Å². The maximum Gasteiger partial charge on any atom is 0.135 e. The van der Waals surface area contributed by atoms with E-state index in [1.165, 1.54) is 0 Å². The van der Waals surface area contributed by atoms with Crippen LogP contribution in [0.3, 0.4) is 0 Å². The maximum absolute atomic E-state index is 9.75. The Balaban J connectivity index is 1.69. The minimum atomic E-state index is -0.0672. The van der Waals surface area contributed by atoms with Crippen LogP contribution in [-0.2, 0) is 13.7 Å². The van der Waals surface area contributed by atoms with E-state index >= 15 is 0 Å². The van der Waals surface area contributed by atoms with E-state index in [2.05, 4.69) is 26.2 Å². The first-order chi connectivity index (χ1) is 13.7. The van der Waals surface area contributed by atoms with E-state index in [-0.39, 0.29) is 6.61 Å². The van der Waals surface area contributed by atoms with Gasteiger partial charge in [0.1, 0.15) is 18.2 Å². The summed E-state index contributed by atoms with van der Waals surface area (Å²) in [6.45, 7) is 1.60. The van der Waals surface area contributed by atoms with Crippen LogP contribution >= 0.6 is 0 Å². The van der Waals surface area contributed by atoms with Gasteiger partial charge in [-0.1, -0.05) is 12.1 Å². The monoisotopic (exact) mass is 374 g/mol. The molecule has 0 spiro atoms. The van der Waals surface area contributed by atoms with Crippen LogP contribution in [0.25, 0.3) is 11.1 Å². The van der Waals surface area contributed by atoms with Gasteiger partial charge in [0, 0.05) is 49.6 Å². The zero-order valence-corrected chi connectivity index (χ0v) is 15.8. The molecule has 142 valence electrons. The molecular formula is C21H22N6O. The van der Waals surface area contributed by atoms with Gasteiger partial charge in [-0.3, -0.25) is 4.98 Å². The van der Waals surface area contributed by atoms with Crippen molar-refractivity contribution in [3.63, 3.8) is 0 Å². The normalized spacial score (nSPS) is 14.8. The minimum absolute atomic E-state index is 0.0672. The summed E-state index contributed by atoms with van der Waals surface area (Å²) in [5, 5.41) is 27.7. The molecular weight excluding hydrogens is 352 g/mol. The van der Waals surface area contributed by atoms with Crippen molar-refractivity contribution in [1.82, 2.24) is 19.7 Å². The molecule has 4 rings (SSSR count). The molecule has 1 aromatic carbocycles. The lowest BCUT2D eigenvalue weighted by Gasteiger charge is -2.35. The molecule has 1 aliphatic heterocycles. The Morgan fingerprint density at radius 2 is 2.04 bits per heavy atom. The highest BCUT2D eigenvalue weighted by atomic mass is 16.3. The summed E-state index contributed by atoms with van der Waals surface area (Å²) in [5.74, 6) is 1.39. The second-order valence-corrected chi connectivity index (χ2v) is 7.07. The lowest BCUT2D eigenvalue weighted by Crippen LogP contribution is -2.34. The van der Waals surface area contributed by atoms with Crippen LogP contribution in [0.5, 0.6) is 0 Å². The lowest BCUT2D eigenvalue weighted by molar-refractivity contribution is 0.282. The molecule has 7 heteroatoms. The van der Waals surface area contributed by atoms with Crippen LogP contribution in [0.4, 0.5) is 5.69 Å². The van der Waals surface area contributed by atoms with E-state index < -0.39 is 0 Å². The summed E-state index contributed by atoms with van der Waals surface area (Å²) in [6, 6.07) is 9.89. The van der Waals surface area contributed by atoms with Gasteiger partial charge < -0.3 is 14.6 Å². The number of pyridine rings is 1. The van der Waals surface area contributed by atoms with Crippen molar-refractivity contribution >= 4 is 5.69 Å². The molecule has 1 saturated heterocycles. The number of rotatable bonds is 4. The summed E-state index contributed by atoms with van der Waals surface area (Å²) < 4.78 is 1.98. The highest BCUT2D eigenvalue weighted by Gasteiger charge is 2.27. The molecule has 0 saturated carbocycles. The Kier molecular flexibility index (Phi) is 5.04. The Bertz CT molecular complexity index is 1010. The maximum atomic E-state index is 9.75. The highest BCUT2D eigenvalue weighted by molar-refractivity contribution is 5.84. The van der Waals surface area contributed by atoms with Crippen molar-refractivity contribution < 1.29 is 5.11 Å². The number of hydrogen-bond acceptors (Lipinski definition) is 6. The van der Waals surface area contributed by atoms with E-state index in [4.69, 9.17) is 0 Å². The predicted octanol–water partition coefficient (Wildman–Crippen LogP) is 2.63. The number of aliphatic hydroxyl groups is 1. The summed E-state index contributed by atoms with van der Waals surface area (Å²) in [7, 11) is 1.98. The number of hydrogen-bond donors (Lipinski definition) is 1. The van der Waals surface area contributed by atoms with E-state index in [0.29, 0.717) is 11.5 Å². The fraction of sp³-hybridized carbons (Fsp3) is 0.333. The van der Waals surface area contributed by atoms with Crippen molar-refractivity contribution in [2.24, 2.45) is 7.05 Å². The fourth-order valence-electron chi connectivity index (χ4n) is 4.02. The van der Waals surface area contributed by atoms with Gasteiger partial charge in [-0.15, -0.1) is 10.2 Å². The zero-order valence-electron chi connectivity index (χ0n) is 15.8. The first kappa shape index (κ1) is 18.1. The molecule has 1 fully saturated rings. The van der Waals surface area contributed by atoms with Crippen LogP contribution in [0.15, 0.2) is 43.0 Å². The van der Waals surface area contributed by atoms with Crippen LogP contribution < -0.4 is 4.90 Å². The molecule has 2 aromatic heterocycles. The van der Waals surface area contributed by atoms with Crippen LogP contribution in [-0.4, -0.2) is 37.9 Å². The Morgan fingerprint density at radius 1 is 1.21 bits per heavy atom. The third kappa shape index (κ3) is 3.23. The third-order valence-electron chi connectivity index (χ3n) is 5.45. The van der Waals surface area contributed by atoms with E-state index in [1.54, 1.807) is 18.7 Å². The topological polar surface area (TPSA) is 90.9 Å². The zero-order chi connectivity index (χ0) is 19.5. The van der Waals surface area contributed by atoms with Crippen LogP contribution in [0, 0.1) is 11.3 Å². The number of para-hydroxylation sites is 1. The lowest BCUT2D eigenvalue weighted by atomic mass is 9.92. The molecule has 28 heavy (non-hydrogen) atoms. The average molecular weight is 374 g/mol. The first-order valence-electron chi connectivity index (χ1n) is 9.39. The predicted molar refractivity (Wildman–Crippen MR) is 106 cm³/mol. The molecule has 0 bridgehead atoms. The van der Waals surface area contributed by atoms with Crippen LogP contribution in [0.2, 0.25) is 0 Å². The fourth-order valence-corrected chi connectivity index (χ4v) is 4.02. The molecule has 0 radical (unpaired) electrons. The van der Waals surface area contributed by atoms with E-state index in [1.807, 2.05) is 35.9 Å². The number of benzene rings is 1. The van der Waals surface area contributed by atoms with Gasteiger partial charge in [0.2, 0.25) is 0 Å². The average Bonchev–Trinajstić information content (AvgIpc) is 3.19. The number of aryl methyl sites for hydroxylation is 1. The Hall–Kier alpha value is -3.24. The molecule has 7 nitrogen and oxygen atoms in total. The van der Waals surface area contributed by atoms with Crippen molar-refractivity contribution in [3.8, 4) is 17.2 Å². The van der Waals surface area contributed by atoms with Gasteiger partial charge >= 0.3 is 0 Å². The summed E-state index contributed by atoms with van der Waals surface area (Å²) in [4.78, 5) is 6.51. The molecule has 1 aliphatic rings. The number of anilines is 1. The third-order valence-corrected chi connectivity index (χ3v) is 5.45. The molecule has 1 N–H and O–H groups in total. The largest absolute Gasteiger partial charge is 0.392 e. The highest BCUT2D eigenvalue weighted by Crippen LogP contribution is 2.38.